The molecule has 0 saturated heterocycles. The number of ketones is 1. The van der Waals surface area contributed by atoms with Gasteiger partial charge in [0.05, 0.1) is 0 Å². The maximum absolute atomic E-state index is 11.8. The normalized spacial score (nSPS) is 9.81. The zero-order valence-corrected chi connectivity index (χ0v) is 52.7. The average Bonchev–Trinajstić information content (AvgIpc) is 3.39. The van der Waals surface area contributed by atoms with E-state index in [1.54, 1.807) is 26.0 Å². The van der Waals surface area contributed by atoms with Crippen LogP contribution >= 0.6 is 0 Å². The van der Waals surface area contributed by atoms with Crippen LogP contribution in [0.5, 0.6) is 5.75 Å². The zero-order chi connectivity index (χ0) is 51.6. The molecule has 0 spiro atoms. The van der Waals surface area contributed by atoms with Gasteiger partial charge >= 0.3 is 69.2 Å². The molecule has 3 nitrogen and oxygen atoms in total. The summed E-state index contributed by atoms with van der Waals surface area (Å²) in [6, 6.07) is 80.4. The predicted octanol–water partition coefficient (Wildman–Crippen LogP) is 16.9. The smallest absolute Gasteiger partial charge is 0.471 e. The minimum Gasteiger partial charge on any atom is -0.471 e. The van der Waals surface area contributed by atoms with Gasteiger partial charge in [-0.2, -0.15) is 109 Å². The second-order valence-corrected chi connectivity index (χ2v) is 18.0. The minimum absolute atomic E-state index is 0. The Morgan fingerprint density at radius 1 is 0.360 bits per heavy atom. The van der Waals surface area contributed by atoms with Gasteiger partial charge in [0.15, 0.2) is 5.78 Å². The van der Waals surface area contributed by atoms with Crippen LogP contribution in [0.3, 0.4) is 0 Å². The molecule has 9 aromatic carbocycles. The van der Waals surface area contributed by atoms with Crippen LogP contribution < -0.4 is 4.74 Å². The fourth-order valence-corrected chi connectivity index (χ4v) is 6.92. The van der Waals surface area contributed by atoms with Gasteiger partial charge in [0.25, 0.3) is 0 Å². The van der Waals surface area contributed by atoms with Crippen LogP contribution in [-0.2, 0) is 79.2 Å². The predicted molar refractivity (Wildman–Crippen MR) is 298 cm³/mol. The molecule has 0 aromatic heterocycles. The molecule has 9 aromatic rings. The summed E-state index contributed by atoms with van der Waals surface area (Å²) >= 11 is 0. The standard InChI is InChI=1S/C27H22O3.C20H16.C14H12.C8H10.3W/c1-18(2)26(28)17-20-5-7-21(8-6-20)22-9-11-23(12-10-22)24-13-15-25(16-14-24)30-27(29)19(3)4;1-15-3-7-17(8-4-15)19-11-13-20(14-12-19)18-9-5-16(2)6-10-18;1-11-3-7-13(8-4-11)14-9-5-12(2)6-10-14;1-7-3-5-8(2)6-4-7;;;/h5-11,13,15-16H,1,3,17H2,2,4H3;3-9,11-13H,1-2H3;3-7,9H,1-2H3;3-6H,1-2H3;;;/q3*-2;;3*+2. The van der Waals surface area contributed by atoms with Crippen LogP contribution in [0.4, 0.5) is 0 Å². The first-order valence-electron chi connectivity index (χ1n) is 23.9. The molecule has 75 heavy (non-hydrogen) atoms. The van der Waals surface area contributed by atoms with E-state index < -0.39 is 5.97 Å². The molecule has 0 unspecified atom stereocenters. The number of rotatable bonds is 10. The molecule has 0 radical (unpaired) electrons. The Morgan fingerprint density at radius 3 is 0.947 bits per heavy atom. The second-order valence-electron chi connectivity index (χ2n) is 18.0. The van der Waals surface area contributed by atoms with E-state index >= 15 is 0 Å². The topological polar surface area (TPSA) is 43.4 Å². The summed E-state index contributed by atoms with van der Waals surface area (Å²) in [6.45, 7) is 23.1. The molecule has 0 N–H and O–H groups in total. The Labute approximate surface area is 490 Å². The number of carbonyl (C=O) groups excluding carboxylic acids is 2. The van der Waals surface area contributed by atoms with Crippen LogP contribution in [-0.4, -0.2) is 11.8 Å². The summed E-state index contributed by atoms with van der Waals surface area (Å²) < 4.78 is 5.18. The van der Waals surface area contributed by atoms with E-state index in [2.05, 4.69) is 188 Å². The van der Waals surface area contributed by atoms with E-state index in [1.807, 2.05) is 72.8 Å². The van der Waals surface area contributed by atoms with Gasteiger partial charge in [-0.05, 0) is 45.8 Å². The van der Waals surface area contributed by atoms with Crippen molar-refractivity contribution >= 4 is 11.8 Å². The first kappa shape index (κ1) is 63.0. The molecule has 0 saturated carbocycles. The van der Waals surface area contributed by atoms with Gasteiger partial charge in [0.1, 0.15) is 0 Å². The molecule has 372 valence electrons. The van der Waals surface area contributed by atoms with Gasteiger partial charge in [-0.15, -0.1) is 64.2 Å². The van der Waals surface area contributed by atoms with Gasteiger partial charge in [0, 0.05) is 17.7 Å². The Balaban J connectivity index is 0.000000284. The Kier molecular flexibility index (Phi) is 26.5. The summed E-state index contributed by atoms with van der Waals surface area (Å²) in [4.78, 5) is 23.4. The summed E-state index contributed by atoms with van der Waals surface area (Å²) in [7, 11) is 0. The fourth-order valence-electron chi connectivity index (χ4n) is 6.92. The third kappa shape index (κ3) is 20.4. The van der Waals surface area contributed by atoms with Crippen molar-refractivity contribution in [2.24, 2.45) is 0 Å². The molecule has 9 rings (SSSR count). The van der Waals surface area contributed by atoms with Crippen molar-refractivity contribution in [2.75, 3.05) is 0 Å². The van der Waals surface area contributed by atoms with Crippen LogP contribution in [0, 0.1) is 77.9 Å². The van der Waals surface area contributed by atoms with Crippen molar-refractivity contribution in [3.63, 3.8) is 0 Å². The number of esters is 1. The Morgan fingerprint density at radius 2 is 0.653 bits per heavy atom. The molecule has 6 heteroatoms. The zero-order valence-electron chi connectivity index (χ0n) is 43.9. The molecule has 0 aliphatic carbocycles. The average molecular weight is 1490 g/mol. The van der Waals surface area contributed by atoms with Crippen molar-refractivity contribution in [3.05, 3.63) is 282 Å². The SMILES string of the molecule is C=C(C)C(=O)Cc1ccc(-c2c[c-]c(-c3[c-]cc(OC(=O)C(=C)C)cc3)cc2)cc1.Cc1c[c-]c(-c2[c-]cc(-c3ccc(C)cc3)cc2)cc1.Cc1c[c-]c(-c2[c-]cc(C)cc2)cc1.Cc1ccc(C)cc1.[W+2].[W+2].[W+2]. The van der Waals surface area contributed by atoms with E-state index in [-0.39, 0.29) is 69.0 Å². The van der Waals surface area contributed by atoms with Crippen molar-refractivity contribution in [1.82, 2.24) is 0 Å². The first-order valence-corrected chi connectivity index (χ1v) is 23.9. The Bertz CT molecular complexity index is 2960. The number of allylic oxidation sites excluding steroid dienone is 1. The molecule has 0 atom stereocenters. The van der Waals surface area contributed by atoms with Crippen molar-refractivity contribution in [2.45, 2.75) is 61.8 Å². The number of benzene rings is 9. The quantitative estimate of drug-likeness (QED) is 0.0593. The van der Waals surface area contributed by atoms with Gasteiger partial charge in [-0.3, -0.25) is 4.79 Å². The van der Waals surface area contributed by atoms with E-state index in [0.29, 0.717) is 23.3 Å². The van der Waals surface area contributed by atoms with Gasteiger partial charge in [0.2, 0.25) is 0 Å². The first-order chi connectivity index (χ1) is 34.6. The largest absolute Gasteiger partial charge is 2.00 e. The third-order valence-corrected chi connectivity index (χ3v) is 11.5. The van der Waals surface area contributed by atoms with Crippen molar-refractivity contribution in [3.8, 4) is 61.4 Å². The number of hydrogen-bond donors (Lipinski definition) is 0. The summed E-state index contributed by atoms with van der Waals surface area (Å²) in [5.74, 6) is 0.0211. The molecule has 0 aliphatic heterocycles. The van der Waals surface area contributed by atoms with E-state index in [0.717, 1.165) is 50.1 Å². The number of Topliss-reactive ketones (excluding diaryl/α,β-unsaturated/α-hetero) is 1. The number of ether oxygens (including phenoxy) is 1. The summed E-state index contributed by atoms with van der Waals surface area (Å²) in [5, 5.41) is 0. The Hall–Kier alpha value is -6.34. The maximum Gasteiger partial charge on any atom is 2.00 e. The minimum atomic E-state index is -0.456. The van der Waals surface area contributed by atoms with Crippen molar-refractivity contribution < 1.29 is 77.5 Å². The van der Waals surface area contributed by atoms with E-state index in [1.165, 1.54) is 44.5 Å². The van der Waals surface area contributed by atoms with Crippen LogP contribution in [0.2, 0.25) is 0 Å². The molecular weight excluding hydrogens is 1430 g/mol. The van der Waals surface area contributed by atoms with Gasteiger partial charge in [-0.1, -0.05) is 135 Å². The molecular formula is C69H60O3W3. The fraction of sp³-hybridized carbons (Fsp3) is 0.130. The van der Waals surface area contributed by atoms with Crippen LogP contribution in [0.1, 0.15) is 52.8 Å². The van der Waals surface area contributed by atoms with E-state index in [9.17, 15) is 9.59 Å². The van der Waals surface area contributed by atoms with Gasteiger partial charge < -0.3 is 4.74 Å². The van der Waals surface area contributed by atoms with Crippen LogP contribution in [0.15, 0.2) is 206 Å². The number of aryl methyl sites for hydroxylation is 6. The summed E-state index contributed by atoms with van der Waals surface area (Å²) in [5.41, 5.74) is 20.2. The van der Waals surface area contributed by atoms with Gasteiger partial charge in [-0.25, -0.2) is 38.2 Å². The molecule has 0 amide bonds. The van der Waals surface area contributed by atoms with E-state index in [4.69, 9.17) is 4.74 Å². The number of carbonyl (C=O) groups is 2. The third-order valence-electron chi connectivity index (χ3n) is 11.5. The number of hydrogen-bond acceptors (Lipinski definition) is 3. The monoisotopic (exact) mass is 1490 g/mol. The second kappa shape index (κ2) is 31.5. The summed E-state index contributed by atoms with van der Waals surface area (Å²) in [6.07, 6.45) is 0.369. The van der Waals surface area contributed by atoms with Crippen LogP contribution in [0.25, 0.3) is 55.6 Å². The van der Waals surface area contributed by atoms with Crippen molar-refractivity contribution in [1.29, 1.82) is 0 Å². The molecule has 0 bridgehead atoms. The molecule has 0 heterocycles. The molecule has 0 fully saturated rings. The molecule has 0 aliphatic rings. The maximum atomic E-state index is 11.8.